The number of aliphatic hydroxyl groups excluding tert-OH is 1. The number of hydrogen-bond donors (Lipinski definition) is 2. The molecular formula is C19H28BN4O4P. The number of fused-ring (bicyclic) bond motifs is 1. The lowest BCUT2D eigenvalue weighted by Gasteiger charge is -2.46. The van der Waals surface area contributed by atoms with Crippen molar-refractivity contribution in [3.8, 4) is 0 Å². The molecule has 0 saturated carbocycles. The number of aliphatic hydroxyl groups is 1. The van der Waals surface area contributed by atoms with E-state index in [1.165, 1.54) is 0 Å². The lowest BCUT2D eigenvalue weighted by molar-refractivity contribution is -0.162. The molecular weight excluding hydrogens is 390 g/mol. The van der Waals surface area contributed by atoms with E-state index in [-0.39, 0.29) is 26.8 Å². The van der Waals surface area contributed by atoms with Crippen LogP contribution in [0.4, 0.5) is 0 Å². The number of rotatable bonds is 9. The van der Waals surface area contributed by atoms with E-state index in [0.29, 0.717) is 18.8 Å². The van der Waals surface area contributed by atoms with E-state index in [1.807, 2.05) is 19.1 Å². The molecule has 1 aromatic rings. The van der Waals surface area contributed by atoms with E-state index in [4.69, 9.17) is 4.52 Å². The zero-order valence-electron chi connectivity index (χ0n) is 17.3. The summed E-state index contributed by atoms with van der Waals surface area (Å²) >= 11 is 0. The summed E-state index contributed by atoms with van der Waals surface area (Å²) in [4.78, 5) is 36.1. The maximum absolute atomic E-state index is 12.8. The van der Waals surface area contributed by atoms with Gasteiger partial charge in [0.05, 0.1) is 18.1 Å². The number of aromatic nitrogens is 1. The third-order valence-electron chi connectivity index (χ3n) is 5.75. The number of nitrogens with zero attached hydrogens (tertiary/aromatic N) is 3. The highest BCUT2D eigenvalue weighted by atomic mass is 31.1. The van der Waals surface area contributed by atoms with Gasteiger partial charge in [-0.3, -0.25) is 14.7 Å². The van der Waals surface area contributed by atoms with Crippen molar-refractivity contribution < 1.29 is 19.2 Å². The van der Waals surface area contributed by atoms with Crippen LogP contribution in [0.2, 0.25) is 0 Å². The number of carbonyl (C=O) groups excluding carboxylic acids is 2. The molecule has 10 heteroatoms. The Kier molecular flexibility index (Phi) is 7.06. The van der Waals surface area contributed by atoms with Gasteiger partial charge in [0.1, 0.15) is 14.7 Å². The predicted octanol–water partition coefficient (Wildman–Crippen LogP) is 0.204. The van der Waals surface area contributed by atoms with Crippen LogP contribution in [0.5, 0.6) is 0 Å². The largest absolute Gasteiger partial charge is 0.428 e. The average molecular weight is 418 g/mol. The van der Waals surface area contributed by atoms with E-state index in [1.54, 1.807) is 32.2 Å². The molecule has 3 rings (SSSR count). The van der Waals surface area contributed by atoms with Crippen LogP contribution in [0.1, 0.15) is 26.3 Å². The first-order valence-corrected chi connectivity index (χ1v) is 10.8. The van der Waals surface area contributed by atoms with Crippen LogP contribution in [0.25, 0.3) is 0 Å². The molecule has 5 atom stereocenters. The molecule has 1 aromatic heterocycles. The van der Waals surface area contributed by atoms with Gasteiger partial charge in [0.15, 0.2) is 7.98 Å². The second-order valence-electron chi connectivity index (χ2n) is 7.53. The predicted molar refractivity (Wildman–Crippen MR) is 113 cm³/mol. The smallest absolute Gasteiger partial charge is 0.358 e. The highest BCUT2D eigenvalue weighted by molar-refractivity contribution is 7.32. The van der Waals surface area contributed by atoms with Crippen molar-refractivity contribution in [1.82, 2.24) is 19.8 Å². The summed E-state index contributed by atoms with van der Waals surface area (Å²) in [6, 6.07) is 3.74. The normalized spacial score (nSPS) is 24.9. The third-order valence-corrected chi connectivity index (χ3v) is 6.24. The zero-order valence-corrected chi connectivity index (χ0v) is 18.3. The SMILES string of the molecule is BNPOC(=O)C1=C(CN(CC)Cc2ccncc2)[C@H](C)[C@@H]2[C@@H]([C@@H](C)O)C(=O)N12. The highest BCUT2D eigenvalue weighted by Gasteiger charge is 2.60. The minimum Gasteiger partial charge on any atom is -0.428 e. The van der Waals surface area contributed by atoms with Crippen molar-refractivity contribution >= 4 is 28.8 Å². The van der Waals surface area contributed by atoms with Crippen molar-refractivity contribution in [2.75, 3.05) is 13.1 Å². The van der Waals surface area contributed by atoms with E-state index >= 15 is 0 Å². The van der Waals surface area contributed by atoms with Gasteiger partial charge >= 0.3 is 5.97 Å². The molecule has 0 aromatic carbocycles. The summed E-state index contributed by atoms with van der Waals surface area (Å²) in [6.07, 6.45) is 2.78. The first kappa shape index (κ1) is 21.9. The maximum Gasteiger partial charge on any atom is 0.358 e. The van der Waals surface area contributed by atoms with Crippen molar-refractivity contribution in [3.05, 3.63) is 41.4 Å². The number of carbonyl (C=O) groups is 2. The summed E-state index contributed by atoms with van der Waals surface area (Å²) in [5, 5.41) is 10.1. The van der Waals surface area contributed by atoms with Gasteiger partial charge in [0.25, 0.3) is 0 Å². The second kappa shape index (κ2) is 9.35. The Morgan fingerprint density at radius 1 is 1.45 bits per heavy atom. The van der Waals surface area contributed by atoms with Crippen molar-refractivity contribution in [1.29, 1.82) is 0 Å². The summed E-state index contributed by atoms with van der Waals surface area (Å²) in [5.74, 6) is -1.20. The van der Waals surface area contributed by atoms with Crippen LogP contribution in [0.15, 0.2) is 35.8 Å². The maximum atomic E-state index is 12.8. The molecule has 29 heavy (non-hydrogen) atoms. The number of hydrogen-bond acceptors (Lipinski definition) is 7. The molecule has 0 aliphatic carbocycles. The third kappa shape index (κ3) is 4.24. The van der Waals surface area contributed by atoms with Crippen LogP contribution < -0.4 is 5.00 Å². The van der Waals surface area contributed by atoms with Crippen LogP contribution in [0.3, 0.4) is 0 Å². The molecule has 0 radical (unpaired) electrons. The molecule has 1 fully saturated rings. The molecule has 1 amide bonds. The second-order valence-corrected chi connectivity index (χ2v) is 8.44. The Morgan fingerprint density at radius 3 is 2.72 bits per heavy atom. The van der Waals surface area contributed by atoms with Gasteiger partial charge in [-0.1, -0.05) is 13.8 Å². The van der Waals surface area contributed by atoms with Crippen molar-refractivity contribution in [2.24, 2.45) is 11.8 Å². The molecule has 2 aliphatic heterocycles. The molecule has 1 unspecified atom stereocenters. The average Bonchev–Trinajstić information content (AvgIpc) is 2.94. The molecule has 2 N–H and O–H groups in total. The fraction of sp³-hybridized carbons (Fsp3) is 0.526. The van der Waals surface area contributed by atoms with Crippen LogP contribution >= 0.6 is 8.96 Å². The van der Waals surface area contributed by atoms with Gasteiger partial charge in [-0.2, -0.15) is 0 Å². The van der Waals surface area contributed by atoms with E-state index < -0.39 is 18.0 Å². The molecule has 1 saturated heterocycles. The number of likely N-dealkylation sites (N-methyl/N-ethyl adjacent to an activating group) is 1. The standard InChI is InChI=1S/C19H28BN4O4P/c1-4-23(9-13-5-7-21-8-6-13)10-14-11(2)16-15(12(3)25)18(26)24(16)17(14)19(27)28-29-22-20/h5-8,11-12,15-16,22,25,29H,4,9-10,20H2,1-3H3/t11-,12+,15+,16+/m0/s1. The lowest BCUT2D eigenvalue weighted by Crippen LogP contribution is -2.63. The van der Waals surface area contributed by atoms with Gasteiger partial charge in [-0.15, -0.1) is 0 Å². The van der Waals surface area contributed by atoms with Crippen LogP contribution in [-0.2, 0) is 20.7 Å². The van der Waals surface area contributed by atoms with Crippen molar-refractivity contribution in [2.45, 2.75) is 39.5 Å². The number of β-lactam (4-membered cyclic amide) rings is 1. The topological polar surface area (TPSA) is 95.0 Å². The Bertz CT molecular complexity index is 792. The number of amides is 1. The molecule has 0 bridgehead atoms. The van der Waals surface area contributed by atoms with Gasteiger partial charge < -0.3 is 19.5 Å². The summed E-state index contributed by atoms with van der Waals surface area (Å²) in [7, 11) is 1.52. The van der Waals surface area contributed by atoms with Gasteiger partial charge in [0, 0.05) is 31.4 Å². The van der Waals surface area contributed by atoms with E-state index in [0.717, 1.165) is 17.7 Å². The van der Waals surface area contributed by atoms with Crippen molar-refractivity contribution in [3.63, 3.8) is 0 Å². The quantitative estimate of drug-likeness (QED) is 0.336. The summed E-state index contributed by atoms with van der Waals surface area (Å²) < 4.78 is 5.32. The fourth-order valence-electron chi connectivity index (χ4n) is 4.25. The van der Waals surface area contributed by atoms with Gasteiger partial charge in [0.2, 0.25) is 5.91 Å². The Balaban J connectivity index is 1.88. The molecule has 8 nitrogen and oxygen atoms in total. The van der Waals surface area contributed by atoms with E-state index in [9.17, 15) is 14.7 Å². The fourth-order valence-corrected chi connectivity index (χ4v) is 4.55. The first-order valence-electron chi connectivity index (χ1n) is 9.89. The minimum absolute atomic E-state index is 0.0285. The summed E-state index contributed by atoms with van der Waals surface area (Å²) in [6.45, 7) is 7.79. The molecule has 2 aliphatic rings. The molecule has 156 valence electrons. The number of pyridine rings is 1. The zero-order chi connectivity index (χ0) is 21.1. The highest BCUT2D eigenvalue weighted by Crippen LogP contribution is 2.47. The molecule has 0 spiro atoms. The first-order chi connectivity index (χ1) is 13.9. The van der Waals surface area contributed by atoms with Gasteiger partial charge in [-0.25, -0.2) is 4.79 Å². The van der Waals surface area contributed by atoms with E-state index in [2.05, 4.69) is 21.8 Å². The Hall–Kier alpha value is -1.80. The monoisotopic (exact) mass is 418 g/mol. The van der Waals surface area contributed by atoms with Crippen LogP contribution in [-0.4, -0.2) is 65.0 Å². The number of nitrogens with one attached hydrogen (secondary N) is 1. The minimum atomic E-state index is -0.749. The lowest BCUT2D eigenvalue weighted by atomic mass is 9.77. The van der Waals surface area contributed by atoms with Gasteiger partial charge in [-0.05, 0) is 36.7 Å². The molecule has 3 heterocycles. The Labute approximate surface area is 174 Å². The summed E-state index contributed by atoms with van der Waals surface area (Å²) in [5.41, 5.74) is 2.38. The van der Waals surface area contributed by atoms with Crippen LogP contribution in [0, 0.1) is 11.8 Å². The Morgan fingerprint density at radius 2 is 2.14 bits per heavy atom.